The normalized spacial score (nSPS) is 46.4. The summed E-state index contributed by atoms with van der Waals surface area (Å²) in [6, 6.07) is 0. The standard InChI is InChI=1S/C10H11NO2/c1-11-9(12)7-5-2-3-6(4-5)8(7)10(11)13/h2-3,5-8H,4H2,1H3/t5-,6-,7+,8+/m0/s1. The Bertz CT molecular complexity index is 304. The molecule has 3 aliphatic rings. The summed E-state index contributed by atoms with van der Waals surface area (Å²) in [6.45, 7) is 0. The highest BCUT2D eigenvalue weighted by Crippen LogP contribution is 2.52. The van der Waals surface area contributed by atoms with Gasteiger partial charge in [-0.25, -0.2) is 0 Å². The van der Waals surface area contributed by atoms with Gasteiger partial charge in [0.2, 0.25) is 11.8 Å². The molecule has 1 aliphatic heterocycles. The van der Waals surface area contributed by atoms with Crippen molar-refractivity contribution in [1.82, 2.24) is 4.90 Å². The molecule has 1 saturated heterocycles. The van der Waals surface area contributed by atoms with Crippen LogP contribution in [0.1, 0.15) is 6.42 Å². The summed E-state index contributed by atoms with van der Waals surface area (Å²) in [5.74, 6) is 0.714. The van der Waals surface area contributed by atoms with Crippen molar-refractivity contribution in [3.8, 4) is 0 Å². The molecule has 2 aliphatic carbocycles. The highest BCUT2D eigenvalue weighted by atomic mass is 16.2. The molecule has 3 nitrogen and oxygen atoms in total. The largest absolute Gasteiger partial charge is 0.285 e. The molecular formula is C10H11NO2. The maximum absolute atomic E-state index is 11.7. The molecular weight excluding hydrogens is 166 g/mol. The second-order valence-electron chi connectivity index (χ2n) is 4.24. The molecule has 0 radical (unpaired) electrons. The third-order valence-electron chi connectivity index (χ3n) is 3.69. The van der Waals surface area contributed by atoms with Gasteiger partial charge in [0.1, 0.15) is 0 Å². The quantitative estimate of drug-likeness (QED) is 0.397. The molecule has 0 N–H and O–H groups in total. The van der Waals surface area contributed by atoms with Crippen molar-refractivity contribution in [1.29, 1.82) is 0 Å². The van der Waals surface area contributed by atoms with Gasteiger partial charge in [-0.2, -0.15) is 0 Å². The van der Waals surface area contributed by atoms with E-state index in [1.165, 1.54) is 4.90 Å². The van der Waals surface area contributed by atoms with Gasteiger partial charge in [-0.05, 0) is 18.3 Å². The first kappa shape index (κ1) is 7.30. The Labute approximate surface area is 76.4 Å². The zero-order valence-corrected chi connectivity index (χ0v) is 7.43. The van der Waals surface area contributed by atoms with Crippen LogP contribution >= 0.6 is 0 Å². The van der Waals surface area contributed by atoms with Crippen LogP contribution in [0.3, 0.4) is 0 Å². The Morgan fingerprint density at radius 1 is 1.15 bits per heavy atom. The Morgan fingerprint density at radius 2 is 1.62 bits per heavy atom. The van der Waals surface area contributed by atoms with Crippen LogP contribution in [0.2, 0.25) is 0 Å². The fourth-order valence-corrected chi connectivity index (χ4v) is 3.05. The fraction of sp³-hybridized carbons (Fsp3) is 0.600. The minimum Gasteiger partial charge on any atom is -0.285 e. The Morgan fingerprint density at radius 3 is 2.08 bits per heavy atom. The van der Waals surface area contributed by atoms with Crippen LogP contribution in [0.15, 0.2) is 12.2 Å². The van der Waals surface area contributed by atoms with Crippen molar-refractivity contribution in [3.05, 3.63) is 12.2 Å². The summed E-state index contributed by atoms with van der Waals surface area (Å²) in [6.07, 6.45) is 5.23. The highest BCUT2D eigenvalue weighted by Gasteiger charge is 2.58. The molecule has 3 heteroatoms. The minimum absolute atomic E-state index is 0.0208. The Balaban J connectivity index is 2.08. The average molecular weight is 177 g/mol. The second kappa shape index (κ2) is 2.03. The maximum Gasteiger partial charge on any atom is 0.233 e. The van der Waals surface area contributed by atoms with Crippen molar-refractivity contribution in [3.63, 3.8) is 0 Å². The lowest BCUT2D eigenvalue weighted by Crippen LogP contribution is -2.28. The fourth-order valence-electron chi connectivity index (χ4n) is 3.05. The topological polar surface area (TPSA) is 37.4 Å². The van der Waals surface area contributed by atoms with Gasteiger partial charge >= 0.3 is 0 Å². The summed E-state index contributed by atoms with van der Waals surface area (Å²) in [4.78, 5) is 24.6. The lowest BCUT2D eigenvalue weighted by atomic mass is 9.85. The monoisotopic (exact) mass is 177 g/mol. The smallest absolute Gasteiger partial charge is 0.233 e. The van der Waals surface area contributed by atoms with Crippen LogP contribution < -0.4 is 0 Å². The summed E-state index contributed by atoms with van der Waals surface area (Å²) >= 11 is 0. The van der Waals surface area contributed by atoms with Crippen LogP contribution in [-0.4, -0.2) is 23.8 Å². The third kappa shape index (κ3) is 0.666. The lowest BCUT2D eigenvalue weighted by Gasteiger charge is -2.14. The van der Waals surface area contributed by atoms with Crippen molar-refractivity contribution >= 4 is 11.8 Å². The van der Waals surface area contributed by atoms with Gasteiger partial charge in [-0.1, -0.05) is 12.2 Å². The van der Waals surface area contributed by atoms with Crippen LogP contribution in [0.5, 0.6) is 0 Å². The number of imide groups is 1. The second-order valence-corrected chi connectivity index (χ2v) is 4.24. The van der Waals surface area contributed by atoms with Crippen LogP contribution in [0.25, 0.3) is 0 Å². The van der Waals surface area contributed by atoms with Gasteiger partial charge in [0, 0.05) is 7.05 Å². The molecule has 2 bridgehead atoms. The molecule has 1 heterocycles. The molecule has 0 unspecified atom stereocenters. The van der Waals surface area contributed by atoms with E-state index >= 15 is 0 Å². The number of nitrogens with zero attached hydrogens (tertiary/aromatic N) is 1. The van der Waals surface area contributed by atoms with E-state index in [2.05, 4.69) is 12.2 Å². The van der Waals surface area contributed by atoms with Crippen molar-refractivity contribution in [2.45, 2.75) is 6.42 Å². The first-order valence-corrected chi connectivity index (χ1v) is 4.70. The van der Waals surface area contributed by atoms with E-state index in [-0.39, 0.29) is 23.7 Å². The zero-order valence-electron chi connectivity index (χ0n) is 7.43. The molecule has 0 spiro atoms. The van der Waals surface area contributed by atoms with Gasteiger partial charge in [-0.15, -0.1) is 0 Å². The lowest BCUT2D eigenvalue weighted by molar-refractivity contribution is -0.138. The number of hydrogen-bond donors (Lipinski definition) is 0. The highest BCUT2D eigenvalue weighted by molar-refractivity contribution is 6.06. The van der Waals surface area contributed by atoms with E-state index in [0.29, 0.717) is 11.8 Å². The number of allylic oxidation sites excluding steroid dienone is 2. The zero-order chi connectivity index (χ0) is 9.16. The molecule has 0 aromatic rings. The predicted octanol–water partition coefficient (Wildman–Crippen LogP) is 0.423. The van der Waals surface area contributed by atoms with E-state index in [1.54, 1.807) is 7.05 Å². The number of carbonyl (C=O) groups excluding carboxylic acids is 2. The minimum atomic E-state index is -0.0208. The van der Waals surface area contributed by atoms with E-state index in [0.717, 1.165) is 6.42 Å². The molecule has 68 valence electrons. The maximum atomic E-state index is 11.7. The summed E-state index contributed by atoms with van der Waals surface area (Å²) in [5.41, 5.74) is 0. The molecule has 13 heavy (non-hydrogen) atoms. The van der Waals surface area contributed by atoms with E-state index in [4.69, 9.17) is 0 Å². The number of hydrogen-bond acceptors (Lipinski definition) is 2. The van der Waals surface area contributed by atoms with E-state index in [1.807, 2.05) is 0 Å². The summed E-state index contributed by atoms with van der Waals surface area (Å²) in [7, 11) is 1.60. The first-order chi connectivity index (χ1) is 6.20. The van der Waals surface area contributed by atoms with Crippen molar-refractivity contribution in [2.75, 3.05) is 7.05 Å². The van der Waals surface area contributed by atoms with Crippen LogP contribution in [-0.2, 0) is 9.59 Å². The van der Waals surface area contributed by atoms with Gasteiger partial charge < -0.3 is 0 Å². The Hall–Kier alpha value is -1.12. The molecule has 2 fully saturated rings. The number of likely N-dealkylation sites (tertiary alicyclic amines) is 1. The van der Waals surface area contributed by atoms with Gasteiger partial charge in [0.05, 0.1) is 11.8 Å². The molecule has 3 rings (SSSR count). The van der Waals surface area contributed by atoms with E-state index < -0.39 is 0 Å². The summed E-state index contributed by atoms with van der Waals surface area (Å²) < 4.78 is 0. The Kier molecular flexibility index (Phi) is 1.14. The number of fused-ring (bicyclic) bond motifs is 5. The number of amides is 2. The van der Waals surface area contributed by atoms with Gasteiger partial charge in [0.25, 0.3) is 0 Å². The number of carbonyl (C=O) groups is 2. The van der Waals surface area contributed by atoms with Crippen molar-refractivity contribution < 1.29 is 9.59 Å². The van der Waals surface area contributed by atoms with Crippen LogP contribution in [0.4, 0.5) is 0 Å². The molecule has 0 aromatic heterocycles. The van der Waals surface area contributed by atoms with Gasteiger partial charge in [0.15, 0.2) is 0 Å². The average Bonchev–Trinajstić information content (AvgIpc) is 2.76. The SMILES string of the molecule is CN1C(=O)[C@H]2[C@H](C1=O)[C@H]1C=C[C@H]2C1. The van der Waals surface area contributed by atoms with Gasteiger partial charge in [-0.3, -0.25) is 14.5 Å². The summed E-state index contributed by atoms with van der Waals surface area (Å²) in [5, 5.41) is 0. The first-order valence-electron chi connectivity index (χ1n) is 4.70. The number of rotatable bonds is 0. The van der Waals surface area contributed by atoms with Crippen LogP contribution in [0, 0.1) is 23.7 Å². The molecule has 2 amide bonds. The molecule has 0 aromatic carbocycles. The van der Waals surface area contributed by atoms with E-state index in [9.17, 15) is 9.59 Å². The molecule has 4 atom stereocenters. The van der Waals surface area contributed by atoms with Crippen molar-refractivity contribution in [2.24, 2.45) is 23.7 Å². The molecule has 1 saturated carbocycles. The third-order valence-corrected chi connectivity index (χ3v) is 3.69. The predicted molar refractivity (Wildman–Crippen MR) is 45.5 cm³/mol.